The molecular formula is C11H15FN2S. The summed E-state index contributed by atoms with van der Waals surface area (Å²) in [7, 11) is 0. The first-order chi connectivity index (χ1) is 7.29. The van der Waals surface area contributed by atoms with Gasteiger partial charge in [0.25, 0.3) is 0 Å². The molecule has 0 bridgehead atoms. The Kier molecular flexibility index (Phi) is 3.59. The SMILES string of the molecule is CCC1CSCC(c2ccc(F)cn2)N1. The second-order valence-corrected chi connectivity index (χ2v) is 4.84. The number of nitrogens with one attached hydrogen (secondary N) is 1. The Hall–Kier alpha value is -0.610. The molecule has 1 N–H and O–H groups in total. The fraction of sp³-hybridized carbons (Fsp3) is 0.545. The van der Waals surface area contributed by atoms with Crippen molar-refractivity contribution in [1.29, 1.82) is 0 Å². The van der Waals surface area contributed by atoms with Gasteiger partial charge < -0.3 is 5.32 Å². The molecule has 0 aliphatic carbocycles. The Morgan fingerprint density at radius 1 is 1.53 bits per heavy atom. The molecule has 0 saturated carbocycles. The van der Waals surface area contributed by atoms with Crippen molar-refractivity contribution in [2.24, 2.45) is 0 Å². The van der Waals surface area contributed by atoms with Gasteiger partial charge in [-0.15, -0.1) is 0 Å². The largest absolute Gasteiger partial charge is 0.304 e. The smallest absolute Gasteiger partial charge is 0.141 e. The summed E-state index contributed by atoms with van der Waals surface area (Å²) >= 11 is 1.94. The van der Waals surface area contributed by atoms with Crippen LogP contribution in [0, 0.1) is 5.82 Å². The molecule has 4 heteroatoms. The van der Waals surface area contributed by atoms with Crippen molar-refractivity contribution in [3.63, 3.8) is 0 Å². The Morgan fingerprint density at radius 3 is 3.07 bits per heavy atom. The summed E-state index contributed by atoms with van der Waals surface area (Å²) in [5.74, 6) is 1.91. The second kappa shape index (κ2) is 4.94. The topological polar surface area (TPSA) is 24.9 Å². The van der Waals surface area contributed by atoms with Crippen LogP contribution in [0.3, 0.4) is 0 Å². The maximum atomic E-state index is 12.7. The van der Waals surface area contributed by atoms with E-state index in [0.29, 0.717) is 6.04 Å². The van der Waals surface area contributed by atoms with E-state index in [1.807, 2.05) is 11.8 Å². The van der Waals surface area contributed by atoms with Crippen molar-refractivity contribution in [3.8, 4) is 0 Å². The number of nitrogens with zero attached hydrogens (tertiary/aromatic N) is 1. The van der Waals surface area contributed by atoms with Gasteiger partial charge in [0.05, 0.1) is 17.9 Å². The quantitative estimate of drug-likeness (QED) is 0.838. The third kappa shape index (κ3) is 2.69. The predicted octanol–water partition coefficient (Wildman–Crippen LogP) is 2.38. The lowest BCUT2D eigenvalue weighted by Gasteiger charge is -2.29. The van der Waals surface area contributed by atoms with Gasteiger partial charge >= 0.3 is 0 Å². The first-order valence-corrected chi connectivity index (χ1v) is 6.40. The average molecular weight is 226 g/mol. The number of rotatable bonds is 2. The third-order valence-electron chi connectivity index (χ3n) is 2.64. The number of thioether (sulfide) groups is 1. The summed E-state index contributed by atoms with van der Waals surface area (Å²) in [5, 5.41) is 3.53. The van der Waals surface area contributed by atoms with E-state index < -0.39 is 0 Å². The molecule has 0 amide bonds. The van der Waals surface area contributed by atoms with Gasteiger partial charge in [-0.3, -0.25) is 4.98 Å². The van der Waals surface area contributed by atoms with Gasteiger partial charge in [-0.05, 0) is 18.6 Å². The highest BCUT2D eigenvalue weighted by Gasteiger charge is 2.22. The molecule has 1 aromatic rings. The molecule has 2 rings (SSSR count). The van der Waals surface area contributed by atoms with Gasteiger partial charge in [-0.25, -0.2) is 4.39 Å². The number of pyridine rings is 1. The maximum Gasteiger partial charge on any atom is 0.141 e. The van der Waals surface area contributed by atoms with Crippen LogP contribution in [0.4, 0.5) is 4.39 Å². The van der Waals surface area contributed by atoms with E-state index in [2.05, 4.69) is 17.2 Å². The van der Waals surface area contributed by atoms with Crippen molar-refractivity contribution in [3.05, 3.63) is 29.8 Å². The lowest BCUT2D eigenvalue weighted by molar-refractivity contribution is 0.458. The third-order valence-corrected chi connectivity index (χ3v) is 3.85. The van der Waals surface area contributed by atoms with Crippen LogP contribution in [0.1, 0.15) is 25.1 Å². The molecule has 0 radical (unpaired) electrons. The van der Waals surface area contributed by atoms with Crippen molar-refractivity contribution < 1.29 is 4.39 Å². The van der Waals surface area contributed by atoms with Crippen molar-refractivity contribution in [2.75, 3.05) is 11.5 Å². The molecule has 0 spiro atoms. The Bertz CT molecular complexity index is 315. The van der Waals surface area contributed by atoms with Crippen LogP contribution in [-0.2, 0) is 0 Å². The summed E-state index contributed by atoms with van der Waals surface area (Å²) < 4.78 is 12.7. The Morgan fingerprint density at radius 2 is 2.40 bits per heavy atom. The lowest BCUT2D eigenvalue weighted by Crippen LogP contribution is -2.39. The minimum absolute atomic E-state index is 0.269. The van der Waals surface area contributed by atoms with E-state index in [1.165, 1.54) is 12.3 Å². The van der Waals surface area contributed by atoms with Crippen LogP contribution in [0.25, 0.3) is 0 Å². The van der Waals surface area contributed by atoms with Crippen LogP contribution in [-0.4, -0.2) is 22.5 Å². The molecule has 1 fully saturated rings. The van der Waals surface area contributed by atoms with Crippen LogP contribution < -0.4 is 5.32 Å². The summed E-state index contributed by atoms with van der Waals surface area (Å²) in [4.78, 5) is 4.12. The van der Waals surface area contributed by atoms with Crippen molar-refractivity contribution >= 4 is 11.8 Å². The van der Waals surface area contributed by atoms with Gasteiger partial charge in [0.2, 0.25) is 0 Å². The fourth-order valence-electron chi connectivity index (χ4n) is 1.71. The van der Waals surface area contributed by atoms with Gasteiger partial charge in [0, 0.05) is 17.5 Å². The van der Waals surface area contributed by atoms with Gasteiger partial charge in [-0.2, -0.15) is 11.8 Å². The minimum atomic E-state index is -0.269. The highest BCUT2D eigenvalue weighted by Crippen LogP contribution is 2.24. The van der Waals surface area contributed by atoms with E-state index in [9.17, 15) is 4.39 Å². The maximum absolute atomic E-state index is 12.7. The van der Waals surface area contributed by atoms with Crippen LogP contribution >= 0.6 is 11.8 Å². The van der Waals surface area contributed by atoms with Crippen LogP contribution in [0.15, 0.2) is 18.3 Å². The van der Waals surface area contributed by atoms with Crippen LogP contribution in [0.5, 0.6) is 0 Å². The zero-order valence-corrected chi connectivity index (χ0v) is 9.56. The van der Waals surface area contributed by atoms with Crippen molar-refractivity contribution in [1.82, 2.24) is 10.3 Å². The molecule has 0 aromatic carbocycles. The minimum Gasteiger partial charge on any atom is -0.304 e. The molecule has 1 aliphatic heterocycles. The molecule has 1 aliphatic rings. The van der Waals surface area contributed by atoms with Crippen molar-refractivity contribution in [2.45, 2.75) is 25.4 Å². The summed E-state index contributed by atoms with van der Waals surface area (Å²) in [6, 6.07) is 4.07. The second-order valence-electron chi connectivity index (χ2n) is 3.76. The average Bonchev–Trinajstić information content (AvgIpc) is 2.30. The van der Waals surface area contributed by atoms with Crippen LogP contribution in [0.2, 0.25) is 0 Å². The normalized spacial score (nSPS) is 26.5. The molecule has 1 saturated heterocycles. The molecule has 15 heavy (non-hydrogen) atoms. The standard InChI is InChI=1S/C11H15FN2S/c1-2-9-6-15-7-11(14-9)10-4-3-8(12)5-13-10/h3-5,9,11,14H,2,6-7H2,1H3. The number of hydrogen-bond acceptors (Lipinski definition) is 3. The van der Waals surface area contributed by atoms with E-state index in [1.54, 1.807) is 6.07 Å². The zero-order valence-electron chi connectivity index (χ0n) is 8.74. The molecule has 82 valence electrons. The molecular weight excluding hydrogens is 211 g/mol. The summed E-state index contributed by atoms with van der Waals surface area (Å²) in [6.07, 6.45) is 2.42. The predicted molar refractivity (Wildman–Crippen MR) is 61.5 cm³/mol. The molecule has 1 aromatic heterocycles. The van der Waals surface area contributed by atoms with Gasteiger partial charge in [0.15, 0.2) is 0 Å². The number of halogens is 1. The highest BCUT2D eigenvalue weighted by molar-refractivity contribution is 7.99. The van der Waals surface area contributed by atoms with E-state index >= 15 is 0 Å². The number of aromatic nitrogens is 1. The highest BCUT2D eigenvalue weighted by atomic mass is 32.2. The van der Waals surface area contributed by atoms with E-state index in [4.69, 9.17) is 0 Å². The first-order valence-electron chi connectivity index (χ1n) is 5.25. The van der Waals surface area contributed by atoms with E-state index in [0.717, 1.165) is 23.6 Å². The molecule has 2 unspecified atom stereocenters. The zero-order chi connectivity index (χ0) is 10.7. The molecule has 2 atom stereocenters. The van der Waals surface area contributed by atoms with E-state index in [-0.39, 0.29) is 11.9 Å². The summed E-state index contributed by atoms with van der Waals surface area (Å²) in [5.41, 5.74) is 0.946. The monoisotopic (exact) mass is 226 g/mol. The summed E-state index contributed by atoms with van der Waals surface area (Å²) in [6.45, 7) is 2.18. The number of hydrogen-bond donors (Lipinski definition) is 1. The Labute approximate surface area is 93.7 Å². The molecule has 2 nitrogen and oxygen atoms in total. The van der Waals surface area contributed by atoms with Gasteiger partial charge in [-0.1, -0.05) is 6.92 Å². The molecule has 2 heterocycles. The fourth-order valence-corrected chi connectivity index (χ4v) is 2.96. The van der Waals surface area contributed by atoms with Gasteiger partial charge in [0.1, 0.15) is 5.82 Å². The first kappa shape index (κ1) is 10.9. The Balaban J connectivity index is 2.06. The lowest BCUT2D eigenvalue weighted by atomic mass is 10.1.